The van der Waals surface area contributed by atoms with Crippen LogP contribution in [0.1, 0.15) is 12.5 Å². The van der Waals surface area contributed by atoms with E-state index in [4.69, 9.17) is 9.47 Å². The standard InChI is InChI=1S/C16H20N2O5/c1-12(19)18-14(10-13-6-4-3-5-7-13)16(21)23-11-15(20)17-8-9-22-2/h3-7,10H,8-9,11H2,1-2H3,(H,17,20)(H,18,19)/b14-10+. The minimum atomic E-state index is -0.786. The number of carbonyl (C=O) groups is 3. The molecule has 0 atom stereocenters. The molecular weight excluding hydrogens is 300 g/mol. The Balaban J connectivity index is 2.64. The second kappa shape index (κ2) is 10.1. The van der Waals surface area contributed by atoms with E-state index in [0.29, 0.717) is 13.2 Å². The van der Waals surface area contributed by atoms with Crippen LogP contribution < -0.4 is 10.6 Å². The summed E-state index contributed by atoms with van der Waals surface area (Å²) in [5, 5.41) is 4.92. The Morgan fingerprint density at radius 2 is 1.87 bits per heavy atom. The molecule has 7 nitrogen and oxygen atoms in total. The lowest BCUT2D eigenvalue weighted by atomic mass is 10.2. The molecule has 0 bridgehead atoms. The zero-order chi connectivity index (χ0) is 17.1. The Hall–Kier alpha value is -2.67. The van der Waals surface area contributed by atoms with Gasteiger partial charge < -0.3 is 20.1 Å². The summed E-state index contributed by atoms with van der Waals surface area (Å²) in [7, 11) is 1.51. The molecule has 0 spiro atoms. The van der Waals surface area contributed by atoms with Crippen molar-refractivity contribution in [3.05, 3.63) is 41.6 Å². The van der Waals surface area contributed by atoms with Crippen LogP contribution in [0.3, 0.4) is 0 Å². The van der Waals surface area contributed by atoms with Crippen LogP contribution in [0.2, 0.25) is 0 Å². The molecule has 0 aliphatic heterocycles. The van der Waals surface area contributed by atoms with Crippen molar-refractivity contribution in [3.63, 3.8) is 0 Å². The van der Waals surface area contributed by atoms with Gasteiger partial charge in [0.2, 0.25) is 5.91 Å². The van der Waals surface area contributed by atoms with E-state index >= 15 is 0 Å². The third-order valence-electron chi connectivity index (χ3n) is 2.60. The van der Waals surface area contributed by atoms with E-state index < -0.39 is 24.4 Å². The molecule has 0 unspecified atom stereocenters. The summed E-state index contributed by atoms with van der Waals surface area (Å²) < 4.78 is 9.68. The fourth-order valence-corrected chi connectivity index (χ4v) is 1.60. The lowest BCUT2D eigenvalue weighted by molar-refractivity contribution is -0.145. The molecule has 0 fully saturated rings. The average Bonchev–Trinajstić information content (AvgIpc) is 2.53. The number of benzene rings is 1. The third kappa shape index (κ3) is 7.77. The van der Waals surface area contributed by atoms with Gasteiger partial charge in [-0.3, -0.25) is 9.59 Å². The first kappa shape index (κ1) is 18.4. The van der Waals surface area contributed by atoms with Gasteiger partial charge in [-0.1, -0.05) is 30.3 Å². The van der Waals surface area contributed by atoms with Crippen molar-refractivity contribution in [2.75, 3.05) is 26.9 Å². The van der Waals surface area contributed by atoms with Gasteiger partial charge >= 0.3 is 5.97 Å². The third-order valence-corrected chi connectivity index (χ3v) is 2.60. The van der Waals surface area contributed by atoms with Crippen molar-refractivity contribution in [2.45, 2.75) is 6.92 Å². The van der Waals surface area contributed by atoms with Gasteiger partial charge in [-0.2, -0.15) is 0 Å². The number of nitrogens with one attached hydrogen (secondary N) is 2. The van der Waals surface area contributed by atoms with Crippen molar-refractivity contribution in [3.8, 4) is 0 Å². The Morgan fingerprint density at radius 3 is 2.48 bits per heavy atom. The van der Waals surface area contributed by atoms with Gasteiger partial charge in [0.25, 0.3) is 5.91 Å². The predicted molar refractivity (Wildman–Crippen MR) is 84.1 cm³/mol. The topological polar surface area (TPSA) is 93.7 Å². The highest BCUT2D eigenvalue weighted by Gasteiger charge is 2.14. The molecule has 1 aromatic carbocycles. The fraction of sp³-hybridized carbons (Fsp3) is 0.312. The Morgan fingerprint density at radius 1 is 1.17 bits per heavy atom. The number of carbonyl (C=O) groups excluding carboxylic acids is 3. The highest BCUT2D eigenvalue weighted by Crippen LogP contribution is 2.06. The number of ether oxygens (including phenoxy) is 2. The molecular formula is C16H20N2O5. The molecule has 0 saturated carbocycles. The lowest BCUT2D eigenvalue weighted by Crippen LogP contribution is -2.33. The fourth-order valence-electron chi connectivity index (χ4n) is 1.60. The van der Waals surface area contributed by atoms with Gasteiger partial charge in [0.1, 0.15) is 5.70 Å². The van der Waals surface area contributed by atoms with Crippen molar-refractivity contribution in [2.24, 2.45) is 0 Å². The van der Waals surface area contributed by atoms with E-state index in [2.05, 4.69) is 10.6 Å². The zero-order valence-corrected chi connectivity index (χ0v) is 13.1. The zero-order valence-electron chi connectivity index (χ0n) is 13.1. The molecule has 0 aliphatic carbocycles. The first-order valence-electron chi connectivity index (χ1n) is 7.00. The van der Waals surface area contributed by atoms with E-state index in [9.17, 15) is 14.4 Å². The first-order valence-corrected chi connectivity index (χ1v) is 7.00. The van der Waals surface area contributed by atoms with Crippen LogP contribution in [0.5, 0.6) is 0 Å². The number of methoxy groups -OCH3 is 1. The normalized spacial score (nSPS) is 10.8. The first-order chi connectivity index (χ1) is 11.0. The molecule has 1 aromatic rings. The molecule has 0 saturated heterocycles. The van der Waals surface area contributed by atoms with Crippen molar-refractivity contribution < 1.29 is 23.9 Å². The van der Waals surface area contributed by atoms with E-state index in [1.807, 2.05) is 6.07 Å². The molecule has 0 aliphatic rings. The minimum absolute atomic E-state index is 0.0339. The maximum absolute atomic E-state index is 12.0. The van der Waals surface area contributed by atoms with Crippen LogP contribution in [0.25, 0.3) is 6.08 Å². The molecule has 124 valence electrons. The average molecular weight is 320 g/mol. The summed E-state index contributed by atoms with van der Waals surface area (Å²) in [5.41, 5.74) is 0.686. The second-order valence-corrected chi connectivity index (χ2v) is 4.57. The molecule has 1 rings (SSSR count). The van der Waals surface area contributed by atoms with Gasteiger partial charge in [0.15, 0.2) is 6.61 Å². The van der Waals surface area contributed by atoms with Gasteiger partial charge in [-0.05, 0) is 11.6 Å². The molecule has 23 heavy (non-hydrogen) atoms. The molecule has 0 heterocycles. The van der Waals surface area contributed by atoms with E-state index in [1.54, 1.807) is 24.3 Å². The quantitative estimate of drug-likeness (QED) is 0.412. The van der Waals surface area contributed by atoms with Crippen molar-refractivity contribution in [1.82, 2.24) is 10.6 Å². The van der Waals surface area contributed by atoms with Crippen LogP contribution >= 0.6 is 0 Å². The van der Waals surface area contributed by atoms with Crippen LogP contribution in [-0.4, -0.2) is 44.7 Å². The summed E-state index contributed by atoms with van der Waals surface area (Å²) in [6, 6.07) is 8.97. The Kier molecular flexibility index (Phi) is 8.09. The molecule has 2 amide bonds. The largest absolute Gasteiger partial charge is 0.451 e. The Bertz CT molecular complexity index is 569. The number of hydrogen-bond donors (Lipinski definition) is 2. The molecule has 2 N–H and O–H groups in total. The van der Waals surface area contributed by atoms with Gasteiger partial charge in [0, 0.05) is 20.6 Å². The molecule has 0 radical (unpaired) electrons. The minimum Gasteiger partial charge on any atom is -0.451 e. The van der Waals surface area contributed by atoms with E-state index in [-0.39, 0.29) is 5.70 Å². The molecule has 7 heteroatoms. The summed E-state index contributed by atoms with van der Waals surface area (Å²) in [6.45, 7) is 1.54. The van der Waals surface area contributed by atoms with Crippen molar-refractivity contribution >= 4 is 23.9 Å². The highest BCUT2D eigenvalue weighted by molar-refractivity contribution is 5.98. The predicted octanol–water partition coefficient (Wildman–Crippen LogP) is 0.469. The lowest BCUT2D eigenvalue weighted by Gasteiger charge is -2.09. The number of amides is 2. The smallest absolute Gasteiger partial charge is 0.355 e. The summed E-state index contributed by atoms with van der Waals surface area (Å²) >= 11 is 0. The van der Waals surface area contributed by atoms with Crippen LogP contribution in [0.4, 0.5) is 0 Å². The van der Waals surface area contributed by atoms with Crippen LogP contribution in [-0.2, 0) is 23.9 Å². The summed E-state index contributed by atoms with van der Waals surface area (Å²) in [6.07, 6.45) is 1.48. The Labute approximate surface area is 134 Å². The maximum Gasteiger partial charge on any atom is 0.355 e. The number of rotatable bonds is 8. The maximum atomic E-state index is 12.0. The summed E-state index contributed by atoms with van der Waals surface area (Å²) in [5.74, 6) is -1.64. The monoisotopic (exact) mass is 320 g/mol. The van der Waals surface area contributed by atoms with Crippen molar-refractivity contribution in [1.29, 1.82) is 0 Å². The van der Waals surface area contributed by atoms with Crippen LogP contribution in [0, 0.1) is 0 Å². The van der Waals surface area contributed by atoms with Gasteiger partial charge in [0.05, 0.1) is 6.61 Å². The SMILES string of the molecule is COCCNC(=O)COC(=O)/C(=C\c1ccccc1)NC(C)=O. The van der Waals surface area contributed by atoms with Gasteiger partial charge in [-0.15, -0.1) is 0 Å². The van der Waals surface area contributed by atoms with Gasteiger partial charge in [-0.25, -0.2) is 4.79 Å². The van der Waals surface area contributed by atoms with E-state index in [1.165, 1.54) is 20.1 Å². The number of hydrogen-bond acceptors (Lipinski definition) is 5. The van der Waals surface area contributed by atoms with E-state index in [0.717, 1.165) is 5.56 Å². The second-order valence-electron chi connectivity index (χ2n) is 4.57. The van der Waals surface area contributed by atoms with Crippen LogP contribution in [0.15, 0.2) is 36.0 Å². The highest BCUT2D eigenvalue weighted by atomic mass is 16.5. The molecule has 0 aromatic heterocycles. The summed E-state index contributed by atoms with van der Waals surface area (Å²) in [4.78, 5) is 34.7. The number of esters is 1.